The minimum Gasteiger partial charge on any atom is -0.256 e. The highest BCUT2D eigenvalue weighted by molar-refractivity contribution is 14.1. The highest BCUT2D eigenvalue weighted by Crippen LogP contribution is 2.19. The zero-order valence-electron chi connectivity index (χ0n) is 9.25. The maximum atomic E-state index is 4.40. The maximum Gasteiger partial charge on any atom is 0.0762 e. The van der Waals surface area contributed by atoms with Crippen molar-refractivity contribution in [1.29, 1.82) is 0 Å². The molecular formula is C15H12IN. The molecule has 0 N–H and O–H groups in total. The van der Waals surface area contributed by atoms with Crippen LogP contribution in [-0.4, -0.2) is 6.21 Å². The van der Waals surface area contributed by atoms with Gasteiger partial charge < -0.3 is 0 Å². The molecule has 2 aromatic carbocycles. The van der Waals surface area contributed by atoms with Crippen molar-refractivity contribution in [2.24, 2.45) is 4.99 Å². The lowest BCUT2D eigenvalue weighted by Crippen LogP contribution is -1.73. The second-order valence-corrected chi connectivity index (χ2v) is 4.66. The second-order valence-electron chi connectivity index (χ2n) is 3.50. The molecule has 0 aliphatic rings. The van der Waals surface area contributed by atoms with E-state index in [1.807, 2.05) is 60.8 Å². The Hall–Kier alpha value is -1.42. The summed E-state index contributed by atoms with van der Waals surface area (Å²) in [6.45, 7) is 0. The molecule has 0 aliphatic heterocycles. The second kappa shape index (κ2) is 6.35. The molecule has 0 amide bonds. The van der Waals surface area contributed by atoms with Gasteiger partial charge in [0.25, 0.3) is 0 Å². The monoisotopic (exact) mass is 333 g/mol. The molecule has 1 nitrogen and oxygen atoms in total. The van der Waals surface area contributed by atoms with Gasteiger partial charge in [-0.2, -0.15) is 0 Å². The summed E-state index contributed by atoms with van der Waals surface area (Å²) >= 11 is 2.29. The van der Waals surface area contributed by atoms with Crippen LogP contribution in [0.15, 0.2) is 65.7 Å². The van der Waals surface area contributed by atoms with Gasteiger partial charge in [0, 0.05) is 9.78 Å². The van der Waals surface area contributed by atoms with Crippen LogP contribution in [-0.2, 0) is 0 Å². The quantitative estimate of drug-likeness (QED) is 0.570. The molecule has 0 aliphatic carbocycles. The molecule has 0 radical (unpaired) electrons. The van der Waals surface area contributed by atoms with Crippen molar-refractivity contribution in [2.75, 3.05) is 0 Å². The average molecular weight is 333 g/mol. The highest BCUT2D eigenvalue weighted by Gasteiger charge is 1.91. The van der Waals surface area contributed by atoms with Crippen LogP contribution in [0.5, 0.6) is 0 Å². The minimum absolute atomic E-state index is 1.01. The smallest absolute Gasteiger partial charge is 0.0762 e. The van der Waals surface area contributed by atoms with Gasteiger partial charge in [0.2, 0.25) is 0 Å². The Bertz CT molecular complexity index is 530. The zero-order valence-corrected chi connectivity index (χ0v) is 11.4. The summed E-state index contributed by atoms with van der Waals surface area (Å²) in [6, 6.07) is 18.3. The number of hydrogen-bond acceptors (Lipinski definition) is 1. The summed E-state index contributed by atoms with van der Waals surface area (Å²) in [6.07, 6.45) is 5.82. The van der Waals surface area contributed by atoms with Gasteiger partial charge >= 0.3 is 0 Å². The van der Waals surface area contributed by atoms with E-state index in [0.717, 1.165) is 9.26 Å². The fraction of sp³-hybridized carbons (Fsp3) is 0. The summed E-state index contributed by atoms with van der Waals surface area (Å²) in [5, 5.41) is 0. The van der Waals surface area contributed by atoms with Crippen LogP contribution in [0.25, 0.3) is 6.08 Å². The molecule has 2 heteroatoms. The molecule has 0 heterocycles. The zero-order chi connectivity index (χ0) is 11.9. The first-order chi connectivity index (χ1) is 8.36. The predicted octanol–water partition coefficient (Wildman–Crippen LogP) is 4.71. The first-order valence-electron chi connectivity index (χ1n) is 5.36. The molecule has 2 aromatic rings. The van der Waals surface area contributed by atoms with Gasteiger partial charge in [-0.05, 0) is 46.4 Å². The third kappa shape index (κ3) is 3.82. The molecule has 0 saturated carbocycles. The van der Waals surface area contributed by atoms with E-state index in [9.17, 15) is 0 Å². The van der Waals surface area contributed by atoms with Gasteiger partial charge in [0.1, 0.15) is 0 Å². The van der Waals surface area contributed by atoms with Crippen LogP contribution in [0.1, 0.15) is 5.56 Å². The molecule has 0 spiro atoms. The lowest BCUT2D eigenvalue weighted by Gasteiger charge is -1.94. The predicted molar refractivity (Wildman–Crippen MR) is 82.8 cm³/mol. The first-order valence-corrected chi connectivity index (χ1v) is 6.44. The molecule has 17 heavy (non-hydrogen) atoms. The molecule has 0 bridgehead atoms. The molecule has 0 fully saturated rings. The summed E-state index contributed by atoms with van der Waals surface area (Å²) in [5.74, 6) is 0. The highest BCUT2D eigenvalue weighted by atomic mass is 127. The summed E-state index contributed by atoms with van der Waals surface area (Å²) in [7, 11) is 0. The van der Waals surface area contributed by atoms with E-state index in [1.54, 1.807) is 0 Å². The molecule has 0 saturated heterocycles. The number of rotatable bonds is 3. The standard InChI is InChI=1S/C15H12IN/c16-14-10-4-5-11-15(14)17-12-6-9-13-7-2-1-3-8-13/h1-12H/b9-6+,17-12?. The van der Waals surface area contributed by atoms with Crippen molar-refractivity contribution in [3.8, 4) is 0 Å². The van der Waals surface area contributed by atoms with E-state index in [0.29, 0.717) is 0 Å². The van der Waals surface area contributed by atoms with Crippen molar-refractivity contribution in [1.82, 2.24) is 0 Å². The van der Waals surface area contributed by atoms with Crippen LogP contribution in [0.4, 0.5) is 5.69 Å². The van der Waals surface area contributed by atoms with Crippen molar-refractivity contribution >= 4 is 40.6 Å². The molecule has 0 unspecified atom stereocenters. The summed E-state index contributed by atoms with van der Waals surface area (Å²) < 4.78 is 1.16. The van der Waals surface area contributed by atoms with Crippen molar-refractivity contribution in [3.63, 3.8) is 0 Å². The van der Waals surface area contributed by atoms with E-state index >= 15 is 0 Å². The maximum absolute atomic E-state index is 4.40. The Morgan fingerprint density at radius 2 is 1.59 bits per heavy atom. The topological polar surface area (TPSA) is 12.4 Å². The average Bonchev–Trinajstić information content (AvgIpc) is 2.38. The Morgan fingerprint density at radius 3 is 2.35 bits per heavy atom. The lowest BCUT2D eigenvalue weighted by atomic mass is 10.2. The number of nitrogens with zero attached hydrogens (tertiary/aromatic N) is 1. The van der Waals surface area contributed by atoms with Gasteiger partial charge in [0.05, 0.1) is 5.69 Å². The van der Waals surface area contributed by atoms with Crippen LogP contribution >= 0.6 is 22.6 Å². The molecular weight excluding hydrogens is 321 g/mol. The van der Waals surface area contributed by atoms with Gasteiger partial charge in [0.15, 0.2) is 0 Å². The Balaban J connectivity index is 2.04. The number of aliphatic imine (C=N–C) groups is 1. The van der Waals surface area contributed by atoms with Crippen molar-refractivity contribution in [3.05, 3.63) is 69.8 Å². The molecule has 0 aromatic heterocycles. The molecule has 84 valence electrons. The van der Waals surface area contributed by atoms with Crippen LogP contribution < -0.4 is 0 Å². The van der Waals surface area contributed by atoms with E-state index in [2.05, 4.69) is 39.7 Å². The Labute approximate surface area is 115 Å². The van der Waals surface area contributed by atoms with E-state index in [1.165, 1.54) is 5.56 Å². The van der Waals surface area contributed by atoms with Gasteiger partial charge in [-0.15, -0.1) is 0 Å². The third-order valence-corrected chi connectivity index (χ3v) is 3.15. The van der Waals surface area contributed by atoms with Crippen LogP contribution in [0.2, 0.25) is 0 Å². The van der Waals surface area contributed by atoms with Crippen LogP contribution in [0, 0.1) is 3.57 Å². The Morgan fingerprint density at radius 1 is 0.882 bits per heavy atom. The first kappa shape index (κ1) is 12.0. The fourth-order valence-electron chi connectivity index (χ4n) is 1.40. The number of benzene rings is 2. The van der Waals surface area contributed by atoms with Crippen LogP contribution in [0.3, 0.4) is 0 Å². The van der Waals surface area contributed by atoms with E-state index in [-0.39, 0.29) is 0 Å². The fourth-order valence-corrected chi connectivity index (χ4v) is 1.92. The number of allylic oxidation sites excluding steroid dienone is 1. The Kier molecular flexibility index (Phi) is 4.50. The van der Waals surface area contributed by atoms with E-state index in [4.69, 9.17) is 0 Å². The largest absolute Gasteiger partial charge is 0.256 e. The van der Waals surface area contributed by atoms with Crippen molar-refractivity contribution in [2.45, 2.75) is 0 Å². The summed E-state index contributed by atoms with van der Waals surface area (Å²) in [5.41, 5.74) is 2.19. The molecule has 0 atom stereocenters. The van der Waals surface area contributed by atoms with E-state index < -0.39 is 0 Å². The lowest BCUT2D eigenvalue weighted by molar-refractivity contribution is 1.50. The number of halogens is 1. The van der Waals surface area contributed by atoms with Gasteiger partial charge in [-0.3, -0.25) is 4.99 Å². The van der Waals surface area contributed by atoms with Crippen molar-refractivity contribution < 1.29 is 0 Å². The number of para-hydroxylation sites is 1. The minimum atomic E-state index is 1.01. The molecule has 2 rings (SSSR count). The SMILES string of the molecule is Ic1ccccc1N=C/C=C/c1ccccc1. The van der Waals surface area contributed by atoms with Gasteiger partial charge in [-0.25, -0.2) is 0 Å². The third-order valence-electron chi connectivity index (χ3n) is 2.24. The normalized spacial score (nSPS) is 11.4. The summed E-state index contributed by atoms with van der Waals surface area (Å²) in [4.78, 5) is 4.40. The number of hydrogen-bond donors (Lipinski definition) is 0. The van der Waals surface area contributed by atoms with Gasteiger partial charge in [-0.1, -0.05) is 48.5 Å².